The highest BCUT2D eigenvalue weighted by atomic mass is 16.5. The summed E-state index contributed by atoms with van der Waals surface area (Å²) in [6.45, 7) is 2.45. The molecular weight excluding hydrogens is 366 g/mol. The van der Waals surface area contributed by atoms with Crippen molar-refractivity contribution in [2.45, 2.75) is 32.2 Å². The third-order valence-corrected chi connectivity index (χ3v) is 5.55. The SMILES string of the molecule is COc1cccc(CNC(=O)CCC2CCCN(c3ncnc4[nH]ccc34)C2)c1. The number of amides is 1. The van der Waals surface area contributed by atoms with Crippen LogP contribution in [-0.2, 0) is 11.3 Å². The molecule has 0 saturated carbocycles. The summed E-state index contributed by atoms with van der Waals surface area (Å²) in [6, 6.07) is 9.80. The van der Waals surface area contributed by atoms with Crippen LogP contribution in [0.1, 0.15) is 31.2 Å². The molecule has 1 aromatic carbocycles. The van der Waals surface area contributed by atoms with E-state index in [4.69, 9.17) is 4.74 Å². The van der Waals surface area contributed by atoms with E-state index in [0.29, 0.717) is 18.9 Å². The summed E-state index contributed by atoms with van der Waals surface area (Å²) in [5.74, 6) is 2.39. The van der Waals surface area contributed by atoms with Crippen molar-refractivity contribution in [3.05, 3.63) is 48.4 Å². The highest BCUT2D eigenvalue weighted by Crippen LogP contribution is 2.28. The number of hydrogen-bond donors (Lipinski definition) is 2. The maximum Gasteiger partial charge on any atom is 0.220 e. The molecule has 1 amide bonds. The third-order valence-electron chi connectivity index (χ3n) is 5.55. The highest BCUT2D eigenvalue weighted by molar-refractivity contribution is 5.87. The van der Waals surface area contributed by atoms with E-state index in [1.165, 1.54) is 0 Å². The third kappa shape index (κ3) is 4.67. The van der Waals surface area contributed by atoms with Gasteiger partial charge in [0.15, 0.2) is 0 Å². The van der Waals surface area contributed by atoms with Crippen LogP contribution in [0.3, 0.4) is 0 Å². The Kier molecular flexibility index (Phi) is 5.93. The summed E-state index contributed by atoms with van der Waals surface area (Å²) in [5.41, 5.74) is 1.91. The Hall–Kier alpha value is -3.09. The standard InChI is InChI=1S/C22H27N5O2/c1-29-18-6-2-4-17(12-18)13-24-20(28)8-7-16-5-3-11-27(14-16)22-19-9-10-23-21(19)25-15-26-22/h2,4,6,9-10,12,15-16H,3,5,7-8,11,13-14H2,1H3,(H,24,28)(H,23,25,26). The van der Waals surface area contributed by atoms with Crippen LogP contribution in [0, 0.1) is 5.92 Å². The van der Waals surface area contributed by atoms with E-state index < -0.39 is 0 Å². The number of hydrogen-bond acceptors (Lipinski definition) is 5. The van der Waals surface area contributed by atoms with Crippen molar-refractivity contribution in [2.75, 3.05) is 25.1 Å². The second-order valence-electron chi connectivity index (χ2n) is 7.56. The van der Waals surface area contributed by atoms with Gasteiger partial charge in [-0.15, -0.1) is 0 Å². The van der Waals surface area contributed by atoms with Crippen LogP contribution in [0.2, 0.25) is 0 Å². The first kappa shape index (κ1) is 19.2. The Balaban J connectivity index is 1.28. The Labute approximate surface area is 170 Å². The minimum atomic E-state index is 0.0972. The minimum absolute atomic E-state index is 0.0972. The van der Waals surface area contributed by atoms with Gasteiger partial charge < -0.3 is 19.9 Å². The number of fused-ring (bicyclic) bond motifs is 1. The molecule has 29 heavy (non-hydrogen) atoms. The van der Waals surface area contributed by atoms with Gasteiger partial charge in [-0.2, -0.15) is 0 Å². The van der Waals surface area contributed by atoms with Gasteiger partial charge >= 0.3 is 0 Å². The Bertz CT molecular complexity index is 971. The zero-order chi connectivity index (χ0) is 20.1. The molecular formula is C22H27N5O2. The number of methoxy groups -OCH3 is 1. The van der Waals surface area contributed by atoms with E-state index in [0.717, 1.165) is 60.5 Å². The van der Waals surface area contributed by atoms with Crippen molar-refractivity contribution in [1.29, 1.82) is 0 Å². The lowest BCUT2D eigenvalue weighted by Crippen LogP contribution is -2.36. The van der Waals surface area contributed by atoms with E-state index in [-0.39, 0.29) is 5.91 Å². The van der Waals surface area contributed by atoms with Crippen LogP contribution in [0.25, 0.3) is 11.0 Å². The fourth-order valence-corrected chi connectivity index (χ4v) is 4.01. The number of carbonyl (C=O) groups excluding carboxylic acids is 1. The summed E-state index contributed by atoms with van der Waals surface area (Å²) in [5, 5.41) is 4.08. The van der Waals surface area contributed by atoms with Gasteiger partial charge in [-0.05, 0) is 48.9 Å². The summed E-state index contributed by atoms with van der Waals surface area (Å²) in [4.78, 5) is 26.6. The molecule has 0 bridgehead atoms. The number of ether oxygens (including phenoxy) is 1. The maximum atomic E-state index is 12.3. The summed E-state index contributed by atoms with van der Waals surface area (Å²) in [7, 11) is 1.65. The number of nitrogens with one attached hydrogen (secondary N) is 2. The van der Waals surface area contributed by atoms with Crippen LogP contribution in [0.15, 0.2) is 42.9 Å². The molecule has 1 aliphatic heterocycles. The molecule has 3 aromatic rings. The van der Waals surface area contributed by atoms with E-state index in [2.05, 4.69) is 25.2 Å². The zero-order valence-corrected chi connectivity index (χ0v) is 16.7. The average Bonchev–Trinajstić information content (AvgIpc) is 3.25. The molecule has 0 aliphatic carbocycles. The van der Waals surface area contributed by atoms with Crippen molar-refractivity contribution in [3.63, 3.8) is 0 Å². The molecule has 7 nitrogen and oxygen atoms in total. The van der Waals surface area contributed by atoms with Crippen molar-refractivity contribution in [1.82, 2.24) is 20.3 Å². The van der Waals surface area contributed by atoms with Crippen LogP contribution < -0.4 is 15.0 Å². The van der Waals surface area contributed by atoms with E-state index in [9.17, 15) is 4.79 Å². The normalized spacial score (nSPS) is 16.7. The van der Waals surface area contributed by atoms with Crippen molar-refractivity contribution < 1.29 is 9.53 Å². The van der Waals surface area contributed by atoms with Crippen LogP contribution in [-0.4, -0.2) is 41.1 Å². The fourth-order valence-electron chi connectivity index (χ4n) is 4.01. The largest absolute Gasteiger partial charge is 0.497 e. The number of anilines is 1. The number of carbonyl (C=O) groups is 1. The maximum absolute atomic E-state index is 12.3. The van der Waals surface area contributed by atoms with Gasteiger partial charge in [0.25, 0.3) is 0 Å². The average molecular weight is 393 g/mol. The van der Waals surface area contributed by atoms with Gasteiger partial charge in [0.2, 0.25) is 5.91 Å². The molecule has 1 saturated heterocycles. The number of aromatic amines is 1. The second kappa shape index (κ2) is 8.94. The monoisotopic (exact) mass is 393 g/mol. The molecule has 2 N–H and O–H groups in total. The van der Waals surface area contributed by atoms with Crippen molar-refractivity contribution in [3.8, 4) is 5.75 Å². The number of aromatic nitrogens is 3. The molecule has 1 atom stereocenters. The van der Waals surface area contributed by atoms with Gasteiger partial charge in [-0.3, -0.25) is 4.79 Å². The van der Waals surface area contributed by atoms with E-state index in [1.807, 2.05) is 36.5 Å². The van der Waals surface area contributed by atoms with Crippen molar-refractivity contribution in [2.24, 2.45) is 5.92 Å². The topological polar surface area (TPSA) is 83.1 Å². The number of rotatable bonds is 7. The molecule has 0 radical (unpaired) electrons. The van der Waals surface area contributed by atoms with Crippen LogP contribution in [0.4, 0.5) is 5.82 Å². The number of benzene rings is 1. The van der Waals surface area contributed by atoms with Gasteiger partial charge in [0.1, 0.15) is 23.5 Å². The van der Waals surface area contributed by atoms with Gasteiger partial charge in [-0.1, -0.05) is 12.1 Å². The molecule has 7 heteroatoms. The first-order valence-electron chi connectivity index (χ1n) is 10.2. The Morgan fingerprint density at radius 2 is 2.28 bits per heavy atom. The predicted molar refractivity (Wildman–Crippen MR) is 113 cm³/mol. The zero-order valence-electron chi connectivity index (χ0n) is 16.7. The smallest absolute Gasteiger partial charge is 0.220 e. The van der Waals surface area contributed by atoms with Gasteiger partial charge in [-0.25, -0.2) is 9.97 Å². The number of nitrogens with zero attached hydrogens (tertiary/aromatic N) is 3. The fraction of sp³-hybridized carbons (Fsp3) is 0.409. The van der Waals surface area contributed by atoms with Crippen LogP contribution >= 0.6 is 0 Å². The lowest BCUT2D eigenvalue weighted by molar-refractivity contribution is -0.121. The predicted octanol–water partition coefficient (Wildman–Crippen LogP) is 3.28. The highest BCUT2D eigenvalue weighted by Gasteiger charge is 2.23. The summed E-state index contributed by atoms with van der Waals surface area (Å²) >= 11 is 0. The molecule has 0 spiro atoms. The molecule has 1 unspecified atom stereocenters. The second-order valence-corrected chi connectivity index (χ2v) is 7.56. The van der Waals surface area contributed by atoms with Gasteiger partial charge in [0, 0.05) is 32.3 Å². The Morgan fingerprint density at radius 1 is 1.34 bits per heavy atom. The van der Waals surface area contributed by atoms with Gasteiger partial charge in [0.05, 0.1) is 12.5 Å². The quantitative estimate of drug-likeness (QED) is 0.644. The first-order chi connectivity index (χ1) is 14.2. The number of H-pyrrole nitrogens is 1. The molecule has 1 fully saturated rings. The summed E-state index contributed by atoms with van der Waals surface area (Å²) < 4.78 is 5.23. The molecule has 3 heterocycles. The lowest BCUT2D eigenvalue weighted by Gasteiger charge is -2.33. The van der Waals surface area contributed by atoms with E-state index in [1.54, 1.807) is 13.4 Å². The summed E-state index contributed by atoms with van der Waals surface area (Å²) in [6.07, 6.45) is 7.22. The van der Waals surface area contributed by atoms with E-state index >= 15 is 0 Å². The molecule has 152 valence electrons. The first-order valence-corrected chi connectivity index (χ1v) is 10.2. The minimum Gasteiger partial charge on any atom is -0.497 e. The van der Waals surface area contributed by atoms with Crippen molar-refractivity contribution >= 4 is 22.8 Å². The Morgan fingerprint density at radius 3 is 3.17 bits per heavy atom. The molecule has 2 aromatic heterocycles. The molecule has 1 aliphatic rings. The lowest BCUT2D eigenvalue weighted by atomic mass is 9.93. The number of piperidine rings is 1. The van der Waals surface area contributed by atoms with Crippen LogP contribution in [0.5, 0.6) is 5.75 Å². The molecule has 4 rings (SSSR count).